The van der Waals surface area contributed by atoms with Gasteiger partial charge in [0, 0.05) is 0 Å². The number of rotatable bonds is 7. The zero-order chi connectivity index (χ0) is 49.8. The topological polar surface area (TPSA) is 0 Å². The molecule has 14 aromatic carbocycles. The second kappa shape index (κ2) is 16.8. The van der Waals surface area contributed by atoms with E-state index in [0.29, 0.717) is 0 Å². The summed E-state index contributed by atoms with van der Waals surface area (Å²) in [5, 5.41) is 10.2. The molecule has 0 aromatic heterocycles. The normalized spacial score (nSPS) is 11.9. The molecule has 0 aliphatic heterocycles. The van der Waals surface area contributed by atoms with E-state index in [1.807, 2.05) is 0 Å². The smallest absolute Gasteiger partial charge is 0.000718 e. The highest BCUT2D eigenvalue weighted by atomic mass is 14.4. The second-order valence-electron chi connectivity index (χ2n) is 20.6. The van der Waals surface area contributed by atoms with E-state index in [-0.39, 0.29) is 0 Å². The lowest BCUT2D eigenvalue weighted by atomic mass is 9.79. The highest BCUT2D eigenvalue weighted by molar-refractivity contribution is 6.31. The molecule has 0 amide bonds. The maximum absolute atomic E-state index is 2.54. The summed E-state index contributed by atoms with van der Waals surface area (Å²) < 4.78 is 0. The Morgan fingerprint density at radius 3 is 1.13 bits per heavy atom. The first-order valence-electron chi connectivity index (χ1n) is 26.5. The van der Waals surface area contributed by atoms with Crippen LogP contribution in [0.4, 0.5) is 0 Å². The molecule has 14 aromatic rings. The zero-order valence-electron chi connectivity index (χ0n) is 41.6. The maximum atomic E-state index is 2.54. The first-order valence-corrected chi connectivity index (χ1v) is 26.5. The molecular weight excluding hydrogens is 913 g/mol. The van der Waals surface area contributed by atoms with Gasteiger partial charge in [-0.3, -0.25) is 0 Å². The van der Waals surface area contributed by atoms with Crippen molar-refractivity contribution in [2.24, 2.45) is 0 Å². The van der Waals surface area contributed by atoms with Crippen LogP contribution in [0.3, 0.4) is 0 Å². The van der Waals surface area contributed by atoms with Crippen molar-refractivity contribution in [2.45, 2.75) is 0 Å². The van der Waals surface area contributed by atoms with Crippen LogP contribution in [0.5, 0.6) is 0 Å². The molecule has 0 unspecified atom stereocenters. The van der Waals surface area contributed by atoms with Gasteiger partial charge < -0.3 is 0 Å². The van der Waals surface area contributed by atoms with E-state index in [1.54, 1.807) is 0 Å². The van der Waals surface area contributed by atoms with Gasteiger partial charge >= 0.3 is 0 Å². The van der Waals surface area contributed by atoms with Crippen molar-refractivity contribution in [3.63, 3.8) is 0 Å². The van der Waals surface area contributed by atoms with Crippen molar-refractivity contribution >= 4 is 43.1 Å². The minimum absolute atomic E-state index is 1.19. The van der Waals surface area contributed by atoms with Crippen LogP contribution in [0.15, 0.2) is 279 Å². The van der Waals surface area contributed by atoms with Crippen molar-refractivity contribution < 1.29 is 0 Å². The lowest BCUT2D eigenvalue weighted by molar-refractivity contribution is 1.56. The summed E-state index contributed by atoms with van der Waals surface area (Å²) in [6, 6.07) is 105. The van der Waals surface area contributed by atoms with Crippen LogP contribution in [0.25, 0.3) is 165 Å². The maximum Gasteiger partial charge on any atom is -0.000718 e. The minimum atomic E-state index is 1.19. The first-order chi connectivity index (χ1) is 37.7. The van der Waals surface area contributed by atoms with Gasteiger partial charge in [-0.25, -0.2) is 0 Å². The Morgan fingerprint density at radius 1 is 0.145 bits per heavy atom. The van der Waals surface area contributed by atoms with Gasteiger partial charge in [-0.05, 0) is 214 Å². The number of hydrogen-bond donors (Lipinski definition) is 0. The molecule has 76 heavy (non-hydrogen) atoms. The summed E-state index contributed by atoms with van der Waals surface area (Å²) in [5.74, 6) is 0. The molecule has 0 bridgehead atoms. The first kappa shape index (κ1) is 42.6. The standard InChI is InChI=1S/C76H46/c1-5-19-47(20-6-1)53-39-54(48-21-7-2-8-22-48)42-57(41-53)71-67-36-35-52(60-37-38-66-62-30-16-15-29-61(62)65-33-17-31-64(60)73(65)66)45-69(67)72(58-43-55(49-23-9-3-10-24-49)40-56(44-58)50-25-11-4-12-26-50)76-70-46-51-27-13-14-28-59(51)63-32-18-34-68(74(63)70)75(71)76/h1-46H. The van der Waals surface area contributed by atoms with Crippen LogP contribution < -0.4 is 0 Å². The Labute approximate surface area is 442 Å². The minimum Gasteiger partial charge on any atom is -0.0622 e. The third-order valence-corrected chi connectivity index (χ3v) is 16.5. The molecule has 0 nitrogen and oxygen atoms in total. The van der Waals surface area contributed by atoms with Crippen molar-refractivity contribution in [1.82, 2.24) is 0 Å². The molecule has 16 rings (SSSR count). The van der Waals surface area contributed by atoms with Crippen molar-refractivity contribution in [1.29, 1.82) is 0 Å². The van der Waals surface area contributed by atoms with Gasteiger partial charge in [0.25, 0.3) is 0 Å². The summed E-state index contributed by atoms with van der Waals surface area (Å²) in [6.07, 6.45) is 0. The van der Waals surface area contributed by atoms with E-state index in [9.17, 15) is 0 Å². The Balaban J connectivity index is 1.09. The quantitative estimate of drug-likeness (QED) is 0.140. The molecule has 0 atom stereocenters. The van der Waals surface area contributed by atoms with Gasteiger partial charge in [0.1, 0.15) is 0 Å². The summed E-state index contributed by atoms with van der Waals surface area (Å²) in [7, 11) is 0. The fourth-order valence-electron chi connectivity index (χ4n) is 13.2. The predicted molar refractivity (Wildman–Crippen MR) is 323 cm³/mol. The van der Waals surface area contributed by atoms with E-state index in [1.165, 1.54) is 165 Å². The van der Waals surface area contributed by atoms with Gasteiger partial charge in [0.05, 0.1) is 0 Å². The second-order valence-corrected chi connectivity index (χ2v) is 20.6. The number of benzene rings is 14. The molecule has 2 aliphatic carbocycles. The van der Waals surface area contributed by atoms with Crippen LogP contribution in [-0.4, -0.2) is 0 Å². The Morgan fingerprint density at radius 2 is 0.553 bits per heavy atom. The third kappa shape index (κ3) is 6.51. The van der Waals surface area contributed by atoms with Crippen LogP contribution in [0.1, 0.15) is 0 Å². The average Bonchev–Trinajstić information content (AvgIpc) is 4.02. The highest BCUT2D eigenvalue weighted by Crippen LogP contribution is 2.60. The SMILES string of the molecule is c1ccc(-c2cc(-c3ccccc3)cc(-c3c4c(c(-c5cc(-c6ccccc6)cc(-c6ccccc6)c5)c5cc(-c6ccc7c8c(cccc68)-c6ccccc6-7)ccc35)-c3cc5ccccc5c5cccc-4c35)c2)cc1. The Kier molecular flexibility index (Phi) is 9.44. The number of fused-ring (bicyclic) bond motifs is 9. The summed E-state index contributed by atoms with van der Waals surface area (Å²) in [6.45, 7) is 0. The Bertz CT molecular complexity index is 4560. The molecule has 0 heteroatoms. The lowest BCUT2D eigenvalue weighted by Gasteiger charge is -2.23. The van der Waals surface area contributed by atoms with Crippen LogP contribution >= 0.6 is 0 Å². The van der Waals surface area contributed by atoms with Gasteiger partial charge in [0.2, 0.25) is 0 Å². The van der Waals surface area contributed by atoms with Crippen molar-refractivity contribution in [3.8, 4) is 122 Å². The monoisotopic (exact) mass is 958 g/mol. The number of hydrogen-bond acceptors (Lipinski definition) is 0. The lowest BCUT2D eigenvalue weighted by Crippen LogP contribution is -1.96. The van der Waals surface area contributed by atoms with Crippen molar-refractivity contribution in [2.75, 3.05) is 0 Å². The molecule has 0 heterocycles. The van der Waals surface area contributed by atoms with E-state index >= 15 is 0 Å². The van der Waals surface area contributed by atoms with Gasteiger partial charge in [0.15, 0.2) is 0 Å². The Hall–Kier alpha value is -9.88. The molecule has 0 saturated carbocycles. The zero-order valence-corrected chi connectivity index (χ0v) is 41.6. The van der Waals surface area contributed by atoms with E-state index in [0.717, 1.165) is 0 Å². The average molecular weight is 959 g/mol. The van der Waals surface area contributed by atoms with Crippen LogP contribution in [0.2, 0.25) is 0 Å². The predicted octanol–water partition coefficient (Wildman–Crippen LogP) is 21.3. The van der Waals surface area contributed by atoms with Crippen LogP contribution in [-0.2, 0) is 0 Å². The fourth-order valence-corrected chi connectivity index (χ4v) is 13.2. The molecule has 0 radical (unpaired) electrons. The fraction of sp³-hybridized carbons (Fsp3) is 0. The molecule has 0 N–H and O–H groups in total. The highest BCUT2D eigenvalue weighted by Gasteiger charge is 2.33. The largest absolute Gasteiger partial charge is 0.0622 e. The van der Waals surface area contributed by atoms with Gasteiger partial charge in [-0.2, -0.15) is 0 Å². The van der Waals surface area contributed by atoms with Gasteiger partial charge in [-0.15, -0.1) is 0 Å². The van der Waals surface area contributed by atoms with Crippen molar-refractivity contribution in [3.05, 3.63) is 279 Å². The van der Waals surface area contributed by atoms with E-state index in [4.69, 9.17) is 0 Å². The van der Waals surface area contributed by atoms with E-state index in [2.05, 4.69) is 279 Å². The van der Waals surface area contributed by atoms with Gasteiger partial charge in [-0.1, -0.05) is 231 Å². The third-order valence-electron chi connectivity index (χ3n) is 16.5. The summed E-state index contributed by atoms with van der Waals surface area (Å²) in [4.78, 5) is 0. The molecule has 350 valence electrons. The van der Waals surface area contributed by atoms with E-state index < -0.39 is 0 Å². The van der Waals surface area contributed by atoms with Crippen LogP contribution in [0, 0.1) is 0 Å². The molecular formula is C76H46. The molecule has 0 spiro atoms. The molecule has 0 saturated heterocycles. The molecule has 2 aliphatic rings. The summed E-state index contributed by atoms with van der Waals surface area (Å²) in [5.41, 5.74) is 27.2. The summed E-state index contributed by atoms with van der Waals surface area (Å²) >= 11 is 0. The molecule has 0 fully saturated rings.